The molecule has 1 spiro atoms. The maximum Gasteiger partial charge on any atom is 0.164 e. The lowest BCUT2D eigenvalue weighted by Gasteiger charge is -2.42. The zero-order valence-electron chi connectivity index (χ0n) is 41.0. The summed E-state index contributed by atoms with van der Waals surface area (Å²) in [6.07, 6.45) is 3.72. The molecule has 0 amide bonds. The van der Waals surface area contributed by atoms with Gasteiger partial charge < -0.3 is 4.74 Å². The van der Waals surface area contributed by atoms with Crippen LogP contribution in [0.3, 0.4) is 0 Å². The molecule has 2 atom stereocenters. The van der Waals surface area contributed by atoms with E-state index in [1.807, 2.05) is 48.8 Å². The third-order valence-corrected chi connectivity index (χ3v) is 16.3. The van der Waals surface area contributed by atoms with Crippen LogP contribution < -0.4 is 4.74 Å². The van der Waals surface area contributed by atoms with Gasteiger partial charge in [0.25, 0.3) is 0 Å². The molecule has 10 aromatic carbocycles. The topological polar surface area (TPSA) is 73.7 Å². The summed E-state index contributed by atoms with van der Waals surface area (Å²) in [5, 5.41) is 0. The van der Waals surface area contributed by atoms with Crippen LogP contribution in [0.4, 0.5) is 0 Å². The Morgan fingerprint density at radius 2 is 0.737 bits per heavy atom. The van der Waals surface area contributed by atoms with Gasteiger partial charge in [0.05, 0.1) is 29.2 Å². The van der Waals surface area contributed by atoms with E-state index in [0.717, 1.165) is 67.4 Å². The SMILES string of the molecule is c1ccc(-c2cncc(-c3ccc4c(c3)C3c5ccccc5C4c4cc(-c5ccc(-c6nc(-c7ccccc7)nc(-c7ccc8c(c7)C7(c9ccccc9O8)c8ccccc8-c8ccccc87)n6)cc5)ccc43)n2)cc1. The van der Waals surface area contributed by atoms with Gasteiger partial charge >= 0.3 is 0 Å². The highest BCUT2D eigenvalue weighted by molar-refractivity contribution is 5.89. The Morgan fingerprint density at radius 3 is 1.39 bits per heavy atom. The van der Waals surface area contributed by atoms with Crippen molar-refractivity contribution in [1.82, 2.24) is 24.9 Å². The van der Waals surface area contributed by atoms with Crippen LogP contribution in [0, 0.1) is 0 Å². The van der Waals surface area contributed by atoms with Crippen molar-refractivity contribution in [1.29, 1.82) is 0 Å². The average molecular weight is 970 g/mol. The standard InChI is InChI=1S/C70H43N5O/c1-3-15-43(16-4-1)61-40-71-41-62(72-61)47-32-35-54-56(38-47)66-52-22-8-7-21-51(52)65(54)55-37-46(31-34-53(55)66)42-27-29-45(30-28-42)68-73-67(44-17-5-2-6-18-44)74-69(75-68)48-33-36-64-60(39-48)70(59-25-13-14-26-63(59)76-64)57-23-11-9-19-49(57)50-20-10-12-24-58(50)70/h1-41,65-66H. The molecule has 3 heterocycles. The predicted octanol–water partition coefficient (Wildman–Crippen LogP) is 16.1. The Hall–Kier alpha value is -9.91. The van der Waals surface area contributed by atoms with Crippen molar-refractivity contribution in [3.8, 4) is 90.4 Å². The summed E-state index contributed by atoms with van der Waals surface area (Å²) in [5.74, 6) is 3.70. The van der Waals surface area contributed by atoms with E-state index in [-0.39, 0.29) is 11.8 Å². The van der Waals surface area contributed by atoms with Crippen molar-refractivity contribution in [2.24, 2.45) is 0 Å². The van der Waals surface area contributed by atoms with Crippen LogP contribution in [-0.2, 0) is 5.41 Å². The fourth-order valence-corrected chi connectivity index (χ4v) is 13.0. The van der Waals surface area contributed by atoms with E-state index < -0.39 is 5.41 Å². The van der Waals surface area contributed by atoms with Crippen LogP contribution >= 0.6 is 0 Å². The van der Waals surface area contributed by atoms with E-state index in [1.165, 1.54) is 61.2 Å². The van der Waals surface area contributed by atoms with Crippen LogP contribution in [0.5, 0.6) is 11.5 Å². The largest absolute Gasteiger partial charge is 0.457 e. The summed E-state index contributed by atoms with van der Waals surface area (Å²) >= 11 is 0. The molecule has 2 bridgehead atoms. The highest BCUT2D eigenvalue weighted by Gasteiger charge is 2.51. The van der Waals surface area contributed by atoms with Gasteiger partial charge in [0.2, 0.25) is 0 Å². The monoisotopic (exact) mass is 969 g/mol. The summed E-state index contributed by atoms with van der Waals surface area (Å²) < 4.78 is 6.77. The third-order valence-electron chi connectivity index (χ3n) is 16.3. The van der Waals surface area contributed by atoms with E-state index >= 15 is 0 Å². The van der Waals surface area contributed by atoms with Crippen molar-refractivity contribution in [3.05, 3.63) is 305 Å². The molecule has 0 saturated carbocycles. The molecule has 0 saturated heterocycles. The number of benzene rings is 10. The molecular formula is C70H43N5O. The van der Waals surface area contributed by atoms with Gasteiger partial charge in [-0.05, 0) is 103 Å². The van der Waals surface area contributed by atoms with Gasteiger partial charge in [-0.3, -0.25) is 4.98 Å². The molecule has 12 aromatic rings. The second-order valence-electron chi connectivity index (χ2n) is 20.2. The molecule has 0 radical (unpaired) electrons. The summed E-state index contributed by atoms with van der Waals surface area (Å²) in [5.41, 5.74) is 23.5. The Balaban J connectivity index is 0.773. The molecule has 6 heteroatoms. The molecule has 2 aromatic heterocycles. The van der Waals surface area contributed by atoms with Gasteiger partial charge in [-0.1, -0.05) is 200 Å². The van der Waals surface area contributed by atoms with Crippen LogP contribution in [0.2, 0.25) is 0 Å². The average Bonchev–Trinajstić information content (AvgIpc) is 3.95. The minimum Gasteiger partial charge on any atom is -0.457 e. The highest BCUT2D eigenvalue weighted by Crippen LogP contribution is 2.62. The van der Waals surface area contributed by atoms with Crippen LogP contribution in [0.15, 0.2) is 249 Å². The number of para-hydroxylation sites is 1. The van der Waals surface area contributed by atoms with Crippen molar-refractivity contribution >= 4 is 0 Å². The molecule has 2 unspecified atom stereocenters. The van der Waals surface area contributed by atoms with Gasteiger partial charge in [0, 0.05) is 50.8 Å². The number of hydrogen-bond donors (Lipinski definition) is 0. The molecule has 0 N–H and O–H groups in total. The lowest BCUT2D eigenvalue weighted by atomic mass is 9.60. The van der Waals surface area contributed by atoms with E-state index in [1.54, 1.807) is 0 Å². The molecule has 76 heavy (non-hydrogen) atoms. The number of nitrogens with zero attached hydrogens (tertiary/aromatic N) is 5. The first-order valence-corrected chi connectivity index (χ1v) is 25.9. The molecule has 0 fully saturated rings. The van der Waals surface area contributed by atoms with Crippen molar-refractivity contribution in [2.45, 2.75) is 17.3 Å². The van der Waals surface area contributed by atoms with Gasteiger partial charge in [-0.25, -0.2) is 19.9 Å². The Labute approximate surface area is 439 Å². The molecule has 17 rings (SSSR count). The molecule has 4 aliphatic carbocycles. The maximum absolute atomic E-state index is 6.77. The predicted molar refractivity (Wildman–Crippen MR) is 300 cm³/mol. The first-order valence-electron chi connectivity index (χ1n) is 25.9. The van der Waals surface area contributed by atoms with Gasteiger partial charge in [0.15, 0.2) is 17.5 Å². The normalized spacial score (nSPS) is 15.3. The van der Waals surface area contributed by atoms with Crippen LogP contribution in [0.25, 0.3) is 78.9 Å². The zero-order valence-corrected chi connectivity index (χ0v) is 41.0. The van der Waals surface area contributed by atoms with Crippen molar-refractivity contribution < 1.29 is 4.74 Å². The minimum atomic E-state index is -0.612. The summed E-state index contributed by atoms with van der Waals surface area (Å²) in [4.78, 5) is 25.4. The quantitative estimate of drug-likeness (QED) is 0.165. The van der Waals surface area contributed by atoms with E-state index in [0.29, 0.717) is 17.5 Å². The summed E-state index contributed by atoms with van der Waals surface area (Å²) in [6, 6.07) is 84.6. The molecular weight excluding hydrogens is 927 g/mol. The van der Waals surface area contributed by atoms with Crippen LogP contribution in [-0.4, -0.2) is 24.9 Å². The summed E-state index contributed by atoms with van der Waals surface area (Å²) in [6.45, 7) is 0. The Kier molecular flexibility index (Phi) is 9.27. The second kappa shape index (κ2) is 16.6. The molecule has 6 nitrogen and oxygen atoms in total. The first kappa shape index (κ1) is 42.6. The fraction of sp³-hybridized carbons (Fsp3) is 0.0429. The lowest BCUT2D eigenvalue weighted by molar-refractivity contribution is 0.436. The highest BCUT2D eigenvalue weighted by atomic mass is 16.5. The molecule has 5 aliphatic rings. The Morgan fingerprint density at radius 1 is 0.289 bits per heavy atom. The van der Waals surface area contributed by atoms with Crippen LogP contribution in [0.1, 0.15) is 67.5 Å². The Bertz CT molecular complexity index is 4300. The number of fused-ring (bicyclic) bond motifs is 9. The lowest BCUT2D eigenvalue weighted by Crippen LogP contribution is -2.32. The number of rotatable bonds is 6. The first-order chi connectivity index (χ1) is 37.7. The fourth-order valence-electron chi connectivity index (χ4n) is 13.0. The van der Waals surface area contributed by atoms with E-state index in [9.17, 15) is 0 Å². The summed E-state index contributed by atoms with van der Waals surface area (Å²) in [7, 11) is 0. The maximum atomic E-state index is 6.77. The smallest absolute Gasteiger partial charge is 0.164 e. The minimum absolute atomic E-state index is 0.110. The zero-order chi connectivity index (χ0) is 49.9. The van der Waals surface area contributed by atoms with E-state index in [2.05, 4.69) is 205 Å². The number of hydrogen-bond acceptors (Lipinski definition) is 6. The van der Waals surface area contributed by atoms with Gasteiger partial charge in [-0.15, -0.1) is 0 Å². The van der Waals surface area contributed by atoms with Crippen molar-refractivity contribution in [2.75, 3.05) is 0 Å². The van der Waals surface area contributed by atoms with Crippen molar-refractivity contribution in [3.63, 3.8) is 0 Å². The molecule has 1 aliphatic heterocycles. The second-order valence-corrected chi connectivity index (χ2v) is 20.2. The van der Waals surface area contributed by atoms with Gasteiger partial charge in [-0.2, -0.15) is 0 Å². The number of aromatic nitrogens is 5. The molecule has 354 valence electrons. The third kappa shape index (κ3) is 6.31. The number of ether oxygens (including phenoxy) is 1. The van der Waals surface area contributed by atoms with E-state index in [4.69, 9.17) is 24.7 Å². The van der Waals surface area contributed by atoms with Gasteiger partial charge in [0.1, 0.15) is 11.5 Å².